The van der Waals surface area contributed by atoms with Crippen molar-refractivity contribution in [2.45, 2.75) is 12.1 Å². The van der Waals surface area contributed by atoms with Crippen molar-refractivity contribution >= 4 is 45.9 Å². The van der Waals surface area contributed by atoms with Crippen molar-refractivity contribution in [2.75, 3.05) is 5.75 Å². The third-order valence-electron chi connectivity index (χ3n) is 3.33. The molecule has 0 fully saturated rings. The Labute approximate surface area is 153 Å². The van der Waals surface area contributed by atoms with Crippen molar-refractivity contribution in [3.05, 3.63) is 75.0 Å². The average Bonchev–Trinajstić information content (AvgIpc) is 2.54. The van der Waals surface area contributed by atoms with Gasteiger partial charge in [0.05, 0.1) is 16.6 Å². The van der Waals surface area contributed by atoms with Gasteiger partial charge in [-0.2, -0.15) is 0 Å². The summed E-state index contributed by atoms with van der Waals surface area (Å²) in [6.45, 7) is 5.85. The monoisotopic (exact) mass is 376 g/mol. The van der Waals surface area contributed by atoms with Crippen LogP contribution in [-0.2, 0) is 0 Å². The van der Waals surface area contributed by atoms with E-state index in [9.17, 15) is 4.79 Å². The van der Waals surface area contributed by atoms with Crippen LogP contribution in [0.2, 0.25) is 10.0 Å². The summed E-state index contributed by atoms with van der Waals surface area (Å²) < 4.78 is 1.60. The van der Waals surface area contributed by atoms with E-state index < -0.39 is 0 Å². The lowest BCUT2D eigenvalue weighted by Gasteiger charge is -2.13. The molecule has 0 saturated carbocycles. The van der Waals surface area contributed by atoms with Gasteiger partial charge in [-0.15, -0.1) is 0 Å². The van der Waals surface area contributed by atoms with E-state index >= 15 is 0 Å². The van der Waals surface area contributed by atoms with Gasteiger partial charge in [0.2, 0.25) is 0 Å². The van der Waals surface area contributed by atoms with Crippen molar-refractivity contribution in [1.82, 2.24) is 9.55 Å². The van der Waals surface area contributed by atoms with E-state index in [0.717, 1.165) is 11.3 Å². The molecule has 0 aliphatic rings. The summed E-state index contributed by atoms with van der Waals surface area (Å²) in [6, 6.07) is 12.2. The van der Waals surface area contributed by atoms with Crippen LogP contribution in [0.5, 0.6) is 0 Å². The fourth-order valence-electron chi connectivity index (χ4n) is 2.24. The fraction of sp³-hybridized carbons (Fsp3) is 0.111. The second kappa shape index (κ2) is 7.01. The summed E-state index contributed by atoms with van der Waals surface area (Å²) in [7, 11) is 0. The molecule has 0 amide bonds. The summed E-state index contributed by atoms with van der Waals surface area (Å²) in [5.41, 5.74) is 2.17. The Kier molecular flexibility index (Phi) is 4.99. The Bertz CT molecular complexity index is 981. The third-order valence-corrected chi connectivity index (χ3v) is 4.99. The van der Waals surface area contributed by atoms with E-state index in [1.54, 1.807) is 47.0 Å². The normalized spacial score (nSPS) is 11.0. The first-order chi connectivity index (χ1) is 11.5. The highest BCUT2D eigenvalue weighted by Gasteiger charge is 2.13. The van der Waals surface area contributed by atoms with Gasteiger partial charge in [0, 0.05) is 15.8 Å². The van der Waals surface area contributed by atoms with E-state index in [4.69, 9.17) is 23.2 Å². The minimum atomic E-state index is -0.136. The van der Waals surface area contributed by atoms with Crippen molar-refractivity contribution in [2.24, 2.45) is 0 Å². The van der Waals surface area contributed by atoms with Gasteiger partial charge in [0.15, 0.2) is 5.16 Å². The number of benzene rings is 2. The maximum atomic E-state index is 13.0. The summed E-state index contributed by atoms with van der Waals surface area (Å²) in [5.74, 6) is 0.673. The van der Waals surface area contributed by atoms with Crippen LogP contribution in [-0.4, -0.2) is 15.3 Å². The molecule has 0 aliphatic carbocycles. The van der Waals surface area contributed by atoms with Gasteiger partial charge in [-0.05, 0) is 49.4 Å². The SMILES string of the molecule is C=C(C)CSc1nc2cc(Cl)ccc2c(=O)n1-c1ccc(Cl)cc1. The van der Waals surface area contributed by atoms with Gasteiger partial charge in [-0.1, -0.05) is 47.1 Å². The third kappa shape index (κ3) is 3.51. The number of thioether (sulfide) groups is 1. The van der Waals surface area contributed by atoms with Gasteiger partial charge in [-0.25, -0.2) is 4.98 Å². The van der Waals surface area contributed by atoms with Crippen LogP contribution < -0.4 is 5.56 Å². The fourth-order valence-corrected chi connectivity index (χ4v) is 3.39. The predicted octanol–water partition coefficient (Wildman–Crippen LogP) is 5.36. The molecule has 0 atom stereocenters. The van der Waals surface area contributed by atoms with Crippen LogP contribution in [0.25, 0.3) is 16.6 Å². The quantitative estimate of drug-likeness (QED) is 0.349. The van der Waals surface area contributed by atoms with E-state index in [1.165, 1.54) is 11.8 Å². The standard InChI is InChI=1S/C18H14Cl2N2OS/c1-11(2)10-24-18-21-16-9-13(20)5-8-15(16)17(23)22(18)14-6-3-12(19)4-7-14/h3-9H,1,10H2,2H3. The molecule has 0 radical (unpaired) electrons. The average molecular weight is 377 g/mol. The molecular weight excluding hydrogens is 363 g/mol. The lowest BCUT2D eigenvalue weighted by molar-refractivity contribution is 0.820. The van der Waals surface area contributed by atoms with Crippen LogP contribution in [0, 0.1) is 0 Å². The summed E-state index contributed by atoms with van der Waals surface area (Å²) in [6.07, 6.45) is 0. The van der Waals surface area contributed by atoms with Gasteiger partial charge < -0.3 is 0 Å². The lowest BCUT2D eigenvalue weighted by Crippen LogP contribution is -2.21. The van der Waals surface area contributed by atoms with Crippen molar-refractivity contribution < 1.29 is 0 Å². The molecule has 0 spiro atoms. The predicted molar refractivity (Wildman–Crippen MR) is 103 cm³/mol. The summed E-state index contributed by atoms with van der Waals surface area (Å²) in [4.78, 5) is 17.6. The van der Waals surface area contributed by atoms with Crippen LogP contribution in [0.4, 0.5) is 0 Å². The lowest BCUT2D eigenvalue weighted by atomic mass is 10.2. The zero-order chi connectivity index (χ0) is 17.3. The highest BCUT2D eigenvalue weighted by atomic mass is 35.5. The number of halogens is 2. The zero-order valence-corrected chi connectivity index (χ0v) is 15.3. The molecule has 1 heterocycles. The van der Waals surface area contributed by atoms with Crippen LogP contribution in [0.3, 0.4) is 0 Å². The zero-order valence-electron chi connectivity index (χ0n) is 12.9. The largest absolute Gasteiger partial charge is 0.268 e. The molecule has 3 nitrogen and oxygen atoms in total. The van der Waals surface area contributed by atoms with Gasteiger partial charge in [0.25, 0.3) is 5.56 Å². The topological polar surface area (TPSA) is 34.9 Å². The Morgan fingerprint density at radius 1 is 1.17 bits per heavy atom. The summed E-state index contributed by atoms with van der Waals surface area (Å²) in [5, 5.41) is 2.28. The smallest absolute Gasteiger partial charge is 0.266 e. The van der Waals surface area contributed by atoms with Crippen molar-refractivity contribution in [3.8, 4) is 5.69 Å². The van der Waals surface area contributed by atoms with Crippen molar-refractivity contribution in [1.29, 1.82) is 0 Å². The highest BCUT2D eigenvalue weighted by molar-refractivity contribution is 7.99. The van der Waals surface area contributed by atoms with Crippen LogP contribution in [0.1, 0.15) is 6.92 Å². The number of hydrogen-bond donors (Lipinski definition) is 0. The molecule has 2 aromatic carbocycles. The number of rotatable bonds is 4. The first-order valence-electron chi connectivity index (χ1n) is 7.21. The molecular formula is C18H14Cl2N2OS. The number of aromatic nitrogens is 2. The number of hydrogen-bond acceptors (Lipinski definition) is 3. The van der Waals surface area contributed by atoms with Gasteiger partial charge >= 0.3 is 0 Å². The number of fused-ring (bicyclic) bond motifs is 1. The highest BCUT2D eigenvalue weighted by Crippen LogP contribution is 2.24. The van der Waals surface area contributed by atoms with Crippen molar-refractivity contribution in [3.63, 3.8) is 0 Å². The first-order valence-corrected chi connectivity index (χ1v) is 8.95. The molecule has 0 aliphatic heterocycles. The maximum Gasteiger partial charge on any atom is 0.266 e. The van der Waals surface area contributed by atoms with Crippen LogP contribution >= 0.6 is 35.0 Å². The Morgan fingerprint density at radius 2 is 1.83 bits per heavy atom. The second-order valence-electron chi connectivity index (χ2n) is 5.42. The molecule has 0 saturated heterocycles. The molecule has 24 heavy (non-hydrogen) atoms. The van der Waals surface area contributed by atoms with Crippen LogP contribution in [0.15, 0.2) is 64.6 Å². The number of nitrogens with zero attached hydrogens (tertiary/aromatic N) is 2. The van der Waals surface area contributed by atoms with E-state index in [-0.39, 0.29) is 5.56 Å². The van der Waals surface area contributed by atoms with Gasteiger partial charge in [-0.3, -0.25) is 9.36 Å². The molecule has 0 bridgehead atoms. The Morgan fingerprint density at radius 3 is 2.50 bits per heavy atom. The second-order valence-corrected chi connectivity index (χ2v) is 7.23. The molecule has 3 rings (SSSR count). The molecule has 3 aromatic rings. The molecule has 122 valence electrons. The molecule has 1 aromatic heterocycles. The molecule has 0 N–H and O–H groups in total. The minimum Gasteiger partial charge on any atom is -0.268 e. The first kappa shape index (κ1) is 17.1. The molecule has 6 heteroatoms. The van der Waals surface area contributed by atoms with E-state index in [1.807, 2.05) is 6.92 Å². The van der Waals surface area contributed by atoms with Gasteiger partial charge in [0.1, 0.15) is 0 Å². The maximum absolute atomic E-state index is 13.0. The Hall–Kier alpha value is -1.75. The Balaban J connectivity index is 2.27. The van der Waals surface area contributed by atoms with E-state index in [0.29, 0.717) is 31.9 Å². The minimum absolute atomic E-state index is 0.136. The molecule has 0 unspecified atom stereocenters. The summed E-state index contributed by atoms with van der Waals surface area (Å²) >= 11 is 13.5. The van der Waals surface area contributed by atoms with E-state index in [2.05, 4.69) is 11.6 Å².